The first kappa shape index (κ1) is 21.6. The van der Waals surface area contributed by atoms with Gasteiger partial charge in [-0.2, -0.15) is 5.10 Å². The Morgan fingerprint density at radius 3 is 2.77 bits per heavy atom. The van der Waals surface area contributed by atoms with Crippen molar-refractivity contribution in [3.63, 3.8) is 0 Å². The number of aromatic hydroxyl groups is 1. The molecule has 164 valence electrons. The van der Waals surface area contributed by atoms with Crippen LogP contribution in [-0.4, -0.2) is 53.2 Å². The lowest BCUT2D eigenvalue weighted by Crippen LogP contribution is -2.17. The molecule has 0 saturated carbocycles. The molecule has 0 atom stereocenters. The van der Waals surface area contributed by atoms with E-state index >= 15 is 0 Å². The van der Waals surface area contributed by atoms with Gasteiger partial charge in [0.1, 0.15) is 17.0 Å². The van der Waals surface area contributed by atoms with Gasteiger partial charge in [0.25, 0.3) is 0 Å². The first-order valence-electron chi connectivity index (χ1n) is 9.98. The van der Waals surface area contributed by atoms with E-state index in [1.54, 1.807) is 4.52 Å². The monoisotopic (exact) mass is 489 g/mol. The number of nitrogens with two attached hydrogens (primary N) is 1. The average molecular weight is 490 g/mol. The average Bonchev–Trinajstić information content (AvgIpc) is 3.11. The number of aromatic nitrogens is 2. The van der Waals surface area contributed by atoms with E-state index < -0.39 is 0 Å². The number of nitrogens with zero attached hydrogens (tertiary/aromatic N) is 2. The second kappa shape index (κ2) is 8.83. The fourth-order valence-electron chi connectivity index (χ4n) is 3.91. The number of rotatable bonds is 9. The van der Waals surface area contributed by atoms with E-state index in [0.717, 1.165) is 11.8 Å². The van der Waals surface area contributed by atoms with E-state index in [9.17, 15) is 9.90 Å². The highest BCUT2D eigenvalue weighted by molar-refractivity contribution is 9.10. The van der Waals surface area contributed by atoms with Gasteiger partial charge in [-0.3, -0.25) is 4.79 Å². The lowest BCUT2D eigenvalue weighted by Gasteiger charge is -2.14. The minimum absolute atomic E-state index is 0.00638. The molecule has 2 aromatic carbocycles. The fourth-order valence-corrected chi connectivity index (χ4v) is 4.48. The molecule has 0 radical (unpaired) electrons. The Morgan fingerprint density at radius 2 is 2.06 bits per heavy atom. The van der Waals surface area contributed by atoms with Crippen LogP contribution in [0.1, 0.15) is 12.1 Å². The van der Waals surface area contributed by atoms with Gasteiger partial charge in [-0.15, -0.1) is 0 Å². The van der Waals surface area contributed by atoms with E-state index in [1.807, 2.05) is 12.1 Å². The van der Waals surface area contributed by atoms with Crippen molar-refractivity contribution in [1.29, 1.82) is 0 Å². The highest BCUT2D eigenvalue weighted by Gasteiger charge is 2.24. The summed E-state index contributed by atoms with van der Waals surface area (Å²) in [4.78, 5) is 13.7. The second-order valence-corrected chi connectivity index (χ2v) is 8.03. The molecule has 6 N–H and O–H groups in total. The van der Waals surface area contributed by atoms with Crippen LogP contribution in [0.15, 0.2) is 27.5 Å². The fraction of sp³-hybridized carbons (Fsp3) is 0.333. The molecule has 0 spiro atoms. The zero-order valence-corrected chi connectivity index (χ0v) is 18.6. The molecule has 2 heterocycles. The van der Waals surface area contributed by atoms with Gasteiger partial charge in [0.05, 0.1) is 40.2 Å². The maximum atomic E-state index is 13.7. The molecular formula is C21H24BrN5O4. The minimum atomic E-state index is -0.258. The Hall–Kier alpha value is -2.66. The van der Waals surface area contributed by atoms with Crippen molar-refractivity contribution in [2.45, 2.75) is 13.0 Å². The van der Waals surface area contributed by atoms with Gasteiger partial charge in [0, 0.05) is 36.8 Å². The Labute approximate surface area is 186 Å². The number of methoxy groups -OCH3 is 1. The van der Waals surface area contributed by atoms with Crippen molar-refractivity contribution in [3.05, 3.63) is 38.6 Å². The highest BCUT2D eigenvalue weighted by atomic mass is 79.9. The number of aliphatic hydroxyl groups is 1. The number of anilines is 1. The Balaban J connectivity index is 2.11. The molecule has 31 heavy (non-hydrogen) atoms. The first-order valence-corrected chi connectivity index (χ1v) is 10.8. The molecule has 0 aliphatic carbocycles. The van der Waals surface area contributed by atoms with Crippen LogP contribution >= 0.6 is 15.9 Å². The van der Waals surface area contributed by atoms with Gasteiger partial charge in [0.15, 0.2) is 0 Å². The lowest BCUT2D eigenvalue weighted by atomic mass is 10.0. The predicted molar refractivity (Wildman–Crippen MR) is 125 cm³/mol. The van der Waals surface area contributed by atoms with Gasteiger partial charge in [-0.25, -0.2) is 4.52 Å². The summed E-state index contributed by atoms with van der Waals surface area (Å²) < 4.78 is 7.59. The van der Waals surface area contributed by atoms with Crippen LogP contribution in [0.2, 0.25) is 0 Å². The summed E-state index contributed by atoms with van der Waals surface area (Å²) >= 11 is 3.38. The molecule has 0 fully saturated rings. The number of ether oxygens (including phenoxy) is 1. The third-order valence-corrected chi connectivity index (χ3v) is 5.84. The smallest absolute Gasteiger partial charge is 0.203 e. The molecule has 0 unspecified atom stereocenters. The highest BCUT2D eigenvalue weighted by Crippen LogP contribution is 2.40. The number of benzene rings is 2. The van der Waals surface area contributed by atoms with Crippen molar-refractivity contribution in [3.8, 4) is 11.5 Å². The zero-order chi connectivity index (χ0) is 22.1. The van der Waals surface area contributed by atoms with Gasteiger partial charge in [-0.1, -0.05) is 0 Å². The Bertz CT molecular complexity index is 1310. The van der Waals surface area contributed by atoms with Crippen LogP contribution in [0.25, 0.3) is 27.2 Å². The van der Waals surface area contributed by atoms with E-state index in [4.69, 9.17) is 20.7 Å². The van der Waals surface area contributed by atoms with E-state index in [0.29, 0.717) is 58.7 Å². The number of aliphatic hydroxyl groups excluding tert-OH is 1. The summed E-state index contributed by atoms with van der Waals surface area (Å²) in [7, 11) is 1.48. The minimum Gasteiger partial charge on any atom is -0.506 e. The summed E-state index contributed by atoms with van der Waals surface area (Å²) in [6, 6.07) is 5.27. The number of fused-ring (bicyclic) bond motifs is 2. The van der Waals surface area contributed by atoms with Gasteiger partial charge in [0.2, 0.25) is 5.43 Å². The van der Waals surface area contributed by atoms with Crippen molar-refractivity contribution in [2.75, 3.05) is 38.7 Å². The van der Waals surface area contributed by atoms with Crippen LogP contribution in [0.5, 0.6) is 11.5 Å². The standard InChI is InChI=1S/C21H24BrN5O4/c1-31-21-12(22)9-15(29)19-17(21)20(30)16-13(25-6-2-5-23)4-3-11-14(10-24-7-8-28)26-27(19)18(11)16/h3-4,9,24-25,28-29H,2,5-8,10,23H2,1H3. The quantitative estimate of drug-likeness (QED) is 0.177. The molecule has 0 saturated heterocycles. The van der Waals surface area contributed by atoms with E-state index in [1.165, 1.54) is 13.2 Å². The maximum absolute atomic E-state index is 13.7. The number of pyridine rings is 1. The van der Waals surface area contributed by atoms with Crippen LogP contribution in [0, 0.1) is 0 Å². The summed E-state index contributed by atoms with van der Waals surface area (Å²) in [5.41, 5.74) is 7.65. The lowest BCUT2D eigenvalue weighted by molar-refractivity contribution is 0.291. The number of hydrogen-bond acceptors (Lipinski definition) is 8. The third-order valence-electron chi connectivity index (χ3n) is 5.26. The molecule has 0 amide bonds. The van der Waals surface area contributed by atoms with Crippen LogP contribution in [0.3, 0.4) is 0 Å². The SMILES string of the molecule is COc1c(Br)cc(O)c2c1c(=O)c1c(NCCCN)ccc3c(CNCCO)nn2c31. The van der Waals surface area contributed by atoms with Crippen LogP contribution in [0.4, 0.5) is 5.69 Å². The van der Waals surface area contributed by atoms with Gasteiger partial charge >= 0.3 is 0 Å². The van der Waals surface area contributed by atoms with Crippen molar-refractivity contribution in [2.24, 2.45) is 5.73 Å². The number of hydrogen-bond donors (Lipinski definition) is 5. The van der Waals surface area contributed by atoms with Crippen molar-refractivity contribution in [1.82, 2.24) is 14.9 Å². The van der Waals surface area contributed by atoms with Crippen molar-refractivity contribution < 1.29 is 14.9 Å². The maximum Gasteiger partial charge on any atom is 0.203 e. The number of nitrogens with one attached hydrogen (secondary N) is 2. The summed E-state index contributed by atoms with van der Waals surface area (Å²) in [5.74, 6) is 0.256. The number of halogens is 1. The molecule has 2 aromatic heterocycles. The zero-order valence-electron chi connectivity index (χ0n) is 17.0. The molecule has 0 aliphatic rings. The van der Waals surface area contributed by atoms with Crippen LogP contribution < -0.4 is 26.5 Å². The molecule has 0 aliphatic heterocycles. The first-order chi connectivity index (χ1) is 15.0. The largest absolute Gasteiger partial charge is 0.506 e. The second-order valence-electron chi connectivity index (χ2n) is 7.18. The van der Waals surface area contributed by atoms with Gasteiger partial charge in [-0.05, 0) is 41.0 Å². The Morgan fingerprint density at radius 1 is 1.26 bits per heavy atom. The van der Waals surface area contributed by atoms with Crippen molar-refractivity contribution >= 4 is 48.8 Å². The molecule has 9 nitrogen and oxygen atoms in total. The number of phenols is 1. The number of phenolic OH excluding ortho intramolecular Hbond substituents is 1. The third kappa shape index (κ3) is 3.55. The Kier molecular flexibility index (Phi) is 6.15. The van der Waals surface area contributed by atoms with Gasteiger partial charge < -0.3 is 31.3 Å². The molecule has 4 rings (SSSR count). The van der Waals surface area contributed by atoms with Crippen LogP contribution in [-0.2, 0) is 6.54 Å². The molecule has 10 heteroatoms. The molecular weight excluding hydrogens is 466 g/mol. The van der Waals surface area contributed by atoms with E-state index in [2.05, 4.69) is 26.6 Å². The normalized spacial score (nSPS) is 11.7. The summed E-state index contributed by atoms with van der Waals surface area (Å²) in [5, 5.41) is 32.5. The predicted octanol–water partition coefficient (Wildman–Crippen LogP) is 1.76. The van der Waals surface area contributed by atoms with E-state index in [-0.39, 0.29) is 28.7 Å². The molecule has 0 bridgehead atoms. The molecule has 4 aromatic rings. The summed E-state index contributed by atoms with van der Waals surface area (Å²) in [6.45, 7) is 1.99. The topological polar surface area (TPSA) is 134 Å². The summed E-state index contributed by atoms with van der Waals surface area (Å²) in [6.07, 6.45) is 0.757.